The van der Waals surface area contributed by atoms with Crippen LogP contribution in [0, 0.1) is 13.8 Å². The molecule has 0 aromatic heterocycles. The second kappa shape index (κ2) is 11.0. The Bertz CT molecular complexity index is 1170. The van der Waals surface area contributed by atoms with Gasteiger partial charge in [-0.25, -0.2) is 0 Å². The van der Waals surface area contributed by atoms with Crippen molar-refractivity contribution in [3.05, 3.63) is 99.6 Å². The van der Waals surface area contributed by atoms with Crippen molar-refractivity contribution in [2.45, 2.75) is 25.8 Å². The van der Waals surface area contributed by atoms with E-state index in [0.717, 1.165) is 16.9 Å². The predicted octanol–water partition coefficient (Wildman–Crippen LogP) is 5.54. The van der Waals surface area contributed by atoms with E-state index in [0.29, 0.717) is 36.0 Å². The molecule has 0 aliphatic carbocycles. The van der Waals surface area contributed by atoms with Crippen molar-refractivity contribution < 1.29 is 14.3 Å². The maximum atomic E-state index is 12.5. The van der Waals surface area contributed by atoms with Crippen LogP contribution in [0.2, 0.25) is 5.02 Å². The summed E-state index contributed by atoms with van der Waals surface area (Å²) in [6.45, 7) is 5.44. The summed E-state index contributed by atoms with van der Waals surface area (Å²) in [4.78, 5) is 26.9. The topological polar surface area (TPSA) is 58.6 Å². The highest BCUT2D eigenvalue weighted by atomic mass is 35.5. The van der Waals surface area contributed by atoms with Crippen molar-refractivity contribution in [1.82, 2.24) is 10.2 Å². The van der Waals surface area contributed by atoms with Crippen LogP contribution < -0.4 is 10.1 Å². The maximum Gasteiger partial charge on any atom is 0.251 e. The minimum Gasteiger partial charge on any atom is -0.492 e. The number of hydrogen-bond donors (Lipinski definition) is 1. The molecule has 34 heavy (non-hydrogen) atoms. The first-order valence-electron chi connectivity index (χ1n) is 11.1. The van der Waals surface area contributed by atoms with Gasteiger partial charge in [-0.3, -0.25) is 9.59 Å². The average molecular weight is 495 g/mol. The van der Waals surface area contributed by atoms with E-state index in [1.54, 1.807) is 23.9 Å². The summed E-state index contributed by atoms with van der Waals surface area (Å²) in [5, 5.41) is 3.49. The largest absolute Gasteiger partial charge is 0.492 e. The van der Waals surface area contributed by atoms with Gasteiger partial charge in [-0.05, 0) is 72.5 Å². The van der Waals surface area contributed by atoms with Crippen molar-refractivity contribution in [2.75, 3.05) is 18.9 Å². The van der Waals surface area contributed by atoms with Gasteiger partial charge >= 0.3 is 0 Å². The van der Waals surface area contributed by atoms with Crippen LogP contribution in [-0.4, -0.2) is 35.6 Å². The van der Waals surface area contributed by atoms with E-state index in [9.17, 15) is 9.59 Å². The second-order valence-corrected chi connectivity index (χ2v) is 9.79. The molecule has 1 saturated heterocycles. The Hall–Kier alpha value is -2.96. The smallest absolute Gasteiger partial charge is 0.251 e. The molecule has 2 amide bonds. The zero-order valence-corrected chi connectivity index (χ0v) is 20.8. The lowest BCUT2D eigenvalue weighted by Crippen LogP contribution is -2.28. The Kier molecular flexibility index (Phi) is 7.80. The zero-order chi connectivity index (χ0) is 24.1. The Morgan fingerprint density at radius 2 is 1.79 bits per heavy atom. The van der Waals surface area contributed by atoms with Gasteiger partial charge < -0.3 is 15.0 Å². The number of thioether (sulfide) groups is 1. The van der Waals surface area contributed by atoms with Gasteiger partial charge in [-0.2, -0.15) is 0 Å². The minimum atomic E-state index is -0.150. The highest BCUT2D eigenvalue weighted by Gasteiger charge is 2.32. The minimum absolute atomic E-state index is 0.0772. The van der Waals surface area contributed by atoms with Gasteiger partial charge in [0.05, 0.1) is 12.3 Å². The molecule has 0 spiro atoms. The summed E-state index contributed by atoms with van der Waals surface area (Å²) >= 11 is 7.57. The number of amides is 2. The summed E-state index contributed by atoms with van der Waals surface area (Å²) in [5.41, 5.74) is 5.00. The van der Waals surface area contributed by atoms with E-state index in [2.05, 4.69) is 12.2 Å². The lowest BCUT2D eigenvalue weighted by molar-refractivity contribution is -0.128. The molecule has 1 fully saturated rings. The molecule has 1 aliphatic heterocycles. The molecule has 1 N–H and O–H groups in total. The van der Waals surface area contributed by atoms with Crippen molar-refractivity contribution in [2.24, 2.45) is 0 Å². The molecule has 1 heterocycles. The highest BCUT2D eigenvalue weighted by Crippen LogP contribution is 2.39. The fourth-order valence-corrected chi connectivity index (χ4v) is 5.04. The van der Waals surface area contributed by atoms with Gasteiger partial charge in [0.15, 0.2) is 0 Å². The molecular formula is C27H27ClN2O3S. The van der Waals surface area contributed by atoms with Crippen LogP contribution in [0.4, 0.5) is 0 Å². The first-order valence-corrected chi connectivity index (χ1v) is 12.6. The third-order valence-corrected chi connectivity index (χ3v) is 7.34. The first kappa shape index (κ1) is 24.2. The quantitative estimate of drug-likeness (QED) is 0.418. The van der Waals surface area contributed by atoms with Crippen LogP contribution in [-0.2, 0) is 11.3 Å². The predicted molar refractivity (Wildman–Crippen MR) is 137 cm³/mol. The zero-order valence-electron chi connectivity index (χ0n) is 19.2. The van der Waals surface area contributed by atoms with Gasteiger partial charge in [-0.1, -0.05) is 41.9 Å². The lowest BCUT2D eigenvalue weighted by atomic mass is 10.1. The van der Waals surface area contributed by atoms with Crippen LogP contribution in [0.1, 0.15) is 38.0 Å². The number of aryl methyl sites for hydroxylation is 2. The molecule has 1 unspecified atom stereocenters. The molecule has 0 bridgehead atoms. The molecule has 1 aliphatic rings. The number of carbonyl (C=O) groups is 2. The Balaban J connectivity index is 1.31. The molecule has 3 aromatic rings. The van der Waals surface area contributed by atoms with Gasteiger partial charge in [0.1, 0.15) is 17.7 Å². The summed E-state index contributed by atoms with van der Waals surface area (Å²) in [6.07, 6.45) is 0. The Morgan fingerprint density at radius 1 is 1.06 bits per heavy atom. The fraction of sp³-hybridized carbons (Fsp3) is 0.259. The van der Waals surface area contributed by atoms with Gasteiger partial charge in [0.2, 0.25) is 5.91 Å². The van der Waals surface area contributed by atoms with Gasteiger partial charge in [0.25, 0.3) is 5.91 Å². The number of rotatable bonds is 8. The number of nitrogens with one attached hydrogen (secondary N) is 1. The van der Waals surface area contributed by atoms with E-state index in [1.807, 2.05) is 66.4 Å². The summed E-state index contributed by atoms with van der Waals surface area (Å²) < 4.78 is 5.73. The molecule has 1 atom stereocenters. The lowest BCUT2D eigenvalue weighted by Gasteiger charge is -2.24. The van der Waals surface area contributed by atoms with E-state index < -0.39 is 0 Å². The maximum absolute atomic E-state index is 12.5. The number of halogens is 1. The molecule has 176 valence electrons. The third-order valence-electron chi connectivity index (χ3n) is 5.83. The van der Waals surface area contributed by atoms with Gasteiger partial charge in [0, 0.05) is 17.1 Å². The number of ether oxygens (including phenoxy) is 1. The normalized spacial score (nSPS) is 15.4. The number of carbonyl (C=O) groups excluding carboxylic acids is 2. The van der Waals surface area contributed by atoms with Crippen molar-refractivity contribution >= 4 is 35.2 Å². The van der Waals surface area contributed by atoms with Crippen LogP contribution in [0.15, 0.2) is 66.7 Å². The molecule has 0 radical (unpaired) electrons. The van der Waals surface area contributed by atoms with Crippen molar-refractivity contribution in [3.8, 4) is 5.75 Å². The standard InChI is InChI=1S/C27H27ClN2O3S/c1-18-3-12-24(15-19(18)2)33-14-13-29-26(32)21-6-8-22(9-7-21)27-30(25(31)17-34-27)16-20-4-10-23(28)11-5-20/h3-12,15,27H,13-14,16-17H2,1-2H3,(H,29,32). The summed E-state index contributed by atoms with van der Waals surface area (Å²) in [5.74, 6) is 1.20. The summed E-state index contributed by atoms with van der Waals surface area (Å²) in [7, 11) is 0. The van der Waals surface area contributed by atoms with Crippen LogP contribution in [0.25, 0.3) is 0 Å². The molecular weight excluding hydrogens is 468 g/mol. The molecule has 0 saturated carbocycles. The molecule has 4 rings (SSSR count). The second-order valence-electron chi connectivity index (χ2n) is 8.28. The van der Waals surface area contributed by atoms with Crippen LogP contribution in [0.3, 0.4) is 0 Å². The monoisotopic (exact) mass is 494 g/mol. The SMILES string of the molecule is Cc1ccc(OCCNC(=O)c2ccc(C3SCC(=O)N3Cc3ccc(Cl)cc3)cc2)cc1C. The Morgan fingerprint density at radius 3 is 2.50 bits per heavy atom. The van der Waals surface area contributed by atoms with Crippen molar-refractivity contribution in [1.29, 1.82) is 0 Å². The van der Waals surface area contributed by atoms with E-state index in [4.69, 9.17) is 16.3 Å². The number of nitrogens with zero attached hydrogens (tertiary/aromatic N) is 1. The van der Waals surface area contributed by atoms with Gasteiger partial charge in [-0.15, -0.1) is 11.8 Å². The van der Waals surface area contributed by atoms with E-state index in [-0.39, 0.29) is 17.2 Å². The van der Waals surface area contributed by atoms with E-state index in [1.165, 1.54) is 11.1 Å². The first-order chi connectivity index (χ1) is 16.4. The highest BCUT2D eigenvalue weighted by molar-refractivity contribution is 8.00. The summed E-state index contributed by atoms with van der Waals surface area (Å²) in [6, 6.07) is 21.0. The number of hydrogen-bond acceptors (Lipinski definition) is 4. The van der Waals surface area contributed by atoms with Crippen molar-refractivity contribution in [3.63, 3.8) is 0 Å². The molecule has 3 aromatic carbocycles. The number of benzene rings is 3. The molecule has 7 heteroatoms. The van der Waals surface area contributed by atoms with Crippen LogP contribution in [0.5, 0.6) is 5.75 Å². The Labute approximate surface area is 209 Å². The average Bonchev–Trinajstić information content (AvgIpc) is 3.20. The van der Waals surface area contributed by atoms with Crippen LogP contribution >= 0.6 is 23.4 Å². The van der Waals surface area contributed by atoms with E-state index >= 15 is 0 Å². The third kappa shape index (κ3) is 5.93. The molecule has 5 nitrogen and oxygen atoms in total. The fourth-order valence-electron chi connectivity index (χ4n) is 3.73.